The lowest BCUT2D eigenvalue weighted by Gasteiger charge is -2.36. The van der Waals surface area contributed by atoms with E-state index in [1.54, 1.807) is 43.3 Å². The number of fused-ring (bicyclic) bond motifs is 1. The number of hydrogen-bond donors (Lipinski definition) is 3. The van der Waals surface area contributed by atoms with E-state index in [2.05, 4.69) is 30.7 Å². The Labute approximate surface area is 309 Å². The highest BCUT2D eigenvalue weighted by molar-refractivity contribution is 5.99. The number of carbonyl (C=O) groups excluding carboxylic acids is 3. The average molecular weight is 738 g/mol. The topological polar surface area (TPSA) is 205 Å². The minimum atomic E-state index is -1.07. The first kappa shape index (κ1) is 38.8. The van der Waals surface area contributed by atoms with Crippen molar-refractivity contribution in [1.82, 2.24) is 10.2 Å². The number of carbonyl (C=O) groups is 3. The van der Waals surface area contributed by atoms with Crippen LogP contribution in [0.3, 0.4) is 0 Å². The monoisotopic (exact) mass is 737 g/mol. The van der Waals surface area contributed by atoms with E-state index in [1.165, 1.54) is 4.90 Å². The van der Waals surface area contributed by atoms with Crippen LogP contribution >= 0.6 is 0 Å². The van der Waals surface area contributed by atoms with Crippen LogP contribution < -0.4 is 10.6 Å². The second-order valence-electron chi connectivity index (χ2n) is 12.6. The molecule has 1 heterocycles. The summed E-state index contributed by atoms with van der Waals surface area (Å²) < 4.78 is 34.3. The number of rotatable bonds is 16. The maximum Gasteiger partial charge on any atom is 0.254 e. The molecule has 0 spiro atoms. The highest BCUT2D eigenvalue weighted by Crippen LogP contribution is 2.28. The lowest BCUT2D eigenvalue weighted by atomic mass is 9.92. The number of nitrogens with zero attached hydrogens (tertiary/aromatic N) is 7. The van der Waals surface area contributed by atoms with E-state index in [9.17, 15) is 28.3 Å². The molecule has 0 bridgehead atoms. The van der Waals surface area contributed by atoms with Gasteiger partial charge in [-0.25, -0.2) is 8.78 Å². The molecular weight excluding hydrogens is 700 g/mol. The summed E-state index contributed by atoms with van der Waals surface area (Å²) in [4.78, 5) is 47.2. The number of halogens is 2. The SMILES string of the molecule is Cc1ccc(C(=O)N2Cc3ccccc3C[C@H]2C(=O)NCCOCCC(=O)Cc2cc(CN=[N+]=[N-])cc(N=[N+]=[N-])c2)cc1NCc1c(F)ccc(O)c1F. The Morgan fingerprint density at radius 2 is 1.76 bits per heavy atom. The Bertz CT molecular complexity index is 2150. The van der Waals surface area contributed by atoms with Crippen molar-refractivity contribution in [1.29, 1.82) is 0 Å². The second-order valence-corrected chi connectivity index (χ2v) is 12.6. The van der Waals surface area contributed by atoms with Crippen molar-refractivity contribution in [3.63, 3.8) is 0 Å². The molecule has 4 aromatic rings. The van der Waals surface area contributed by atoms with Crippen molar-refractivity contribution in [3.8, 4) is 5.75 Å². The first-order chi connectivity index (χ1) is 26.1. The van der Waals surface area contributed by atoms with Crippen LogP contribution in [0.25, 0.3) is 20.9 Å². The molecule has 0 saturated carbocycles. The summed E-state index contributed by atoms with van der Waals surface area (Å²) in [6.45, 7) is 2.06. The molecule has 4 aromatic carbocycles. The van der Waals surface area contributed by atoms with E-state index in [4.69, 9.17) is 15.8 Å². The van der Waals surface area contributed by atoms with Gasteiger partial charge in [0.05, 0.1) is 19.8 Å². The van der Waals surface area contributed by atoms with Crippen molar-refractivity contribution >= 4 is 29.0 Å². The molecule has 14 nitrogen and oxygen atoms in total. The quantitative estimate of drug-likeness (QED) is 0.0467. The third-order valence-electron chi connectivity index (χ3n) is 8.90. The fourth-order valence-corrected chi connectivity index (χ4v) is 6.14. The van der Waals surface area contributed by atoms with E-state index in [0.29, 0.717) is 28.1 Å². The molecule has 1 atom stereocenters. The number of Topliss-reactive ketones (excluding diaryl/α,β-unsaturated/α-hetero) is 1. The number of phenols is 1. The standard InChI is InChI=1S/C38H37F2N9O5/c1-23-6-7-27(18-33(23)44-21-31-32(39)8-9-35(51)36(31)40)38(53)49-22-28-5-3-2-4-26(28)19-34(49)37(52)43-11-13-54-12-10-30(50)17-24-14-25(20-45-47-41)16-29(15-24)46-48-42/h2-9,14-16,18,34,44,51H,10-13,17,19-22H2,1H3,(H,43,52)/t34-/m0/s1. The fraction of sp³-hybridized carbons (Fsp3) is 0.289. The summed E-state index contributed by atoms with van der Waals surface area (Å²) in [6.07, 6.45) is 0.429. The van der Waals surface area contributed by atoms with Gasteiger partial charge in [0, 0.05) is 71.2 Å². The van der Waals surface area contributed by atoms with Crippen LogP contribution in [0.15, 0.2) is 83.0 Å². The van der Waals surface area contributed by atoms with Crippen LogP contribution in [0.1, 0.15) is 50.2 Å². The molecule has 5 rings (SSSR count). The number of benzene rings is 4. The number of amides is 2. The molecule has 2 amide bonds. The minimum Gasteiger partial charge on any atom is -0.505 e. The van der Waals surface area contributed by atoms with Gasteiger partial charge in [-0.15, -0.1) is 0 Å². The van der Waals surface area contributed by atoms with Crippen LogP contribution in [0.5, 0.6) is 5.75 Å². The lowest BCUT2D eigenvalue weighted by molar-refractivity contribution is -0.126. The van der Waals surface area contributed by atoms with Crippen LogP contribution in [0.2, 0.25) is 0 Å². The maximum atomic E-state index is 14.4. The van der Waals surface area contributed by atoms with Gasteiger partial charge in [-0.05, 0) is 82.2 Å². The van der Waals surface area contributed by atoms with Gasteiger partial charge in [0.15, 0.2) is 11.6 Å². The Morgan fingerprint density at radius 3 is 2.54 bits per heavy atom. The molecule has 0 aliphatic carbocycles. The Hall–Kier alpha value is -6.47. The molecule has 0 unspecified atom stereocenters. The van der Waals surface area contributed by atoms with Crippen LogP contribution in [0.4, 0.5) is 20.2 Å². The Morgan fingerprint density at radius 1 is 0.981 bits per heavy atom. The second kappa shape index (κ2) is 18.3. The third-order valence-corrected chi connectivity index (χ3v) is 8.90. The van der Waals surface area contributed by atoms with E-state index in [0.717, 1.165) is 23.3 Å². The predicted octanol–water partition coefficient (Wildman–Crippen LogP) is 7.24. The Kier molecular flexibility index (Phi) is 13.2. The Balaban J connectivity index is 1.17. The molecule has 1 aliphatic rings. The van der Waals surface area contributed by atoms with Crippen molar-refractivity contribution in [3.05, 3.63) is 144 Å². The summed E-state index contributed by atoms with van der Waals surface area (Å²) in [6, 6.07) is 18.4. The maximum absolute atomic E-state index is 14.4. The van der Waals surface area contributed by atoms with Gasteiger partial charge in [0.25, 0.3) is 5.91 Å². The molecule has 0 aromatic heterocycles. The number of ketones is 1. The number of ether oxygens (including phenoxy) is 1. The molecule has 0 fully saturated rings. The van der Waals surface area contributed by atoms with Crippen molar-refractivity contribution in [2.24, 2.45) is 10.2 Å². The summed E-state index contributed by atoms with van der Waals surface area (Å²) in [7, 11) is 0. The van der Waals surface area contributed by atoms with E-state index >= 15 is 0 Å². The summed E-state index contributed by atoms with van der Waals surface area (Å²) >= 11 is 0. The van der Waals surface area contributed by atoms with Gasteiger partial charge in [-0.3, -0.25) is 14.4 Å². The first-order valence-corrected chi connectivity index (χ1v) is 17.0. The van der Waals surface area contributed by atoms with Gasteiger partial charge in [0.2, 0.25) is 5.91 Å². The number of phenolic OH excluding ortho intramolecular Hbond substituents is 1. The molecule has 0 saturated heterocycles. The normalized spacial score (nSPS) is 13.2. The molecule has 1 aliphatic heterocycles. The van der Waals surface area contributed by atoms with E-state index in [-0.39, 0.29) is 81.5 Å². The largest absolute Gasteiger partial charge is 0.505 e. The number of aryl methyl sites for hydroxylation is 1. The highest BCUT2D eigenvalue weighted by atomic mass is 19.1. The summed E-state index contributed by atoms with van der Waals surface area (Å²) in [5.41, 5.74) is 21.8. The lowest BCUT2D eigenvalue weighted by Crippen LogP contribution is -2.53. The van der Waals surface area contributed by atoms with E-state index in [1.807, 2.05) is 24.3 Å². The molecular formula is C38H37F2N9O5. The van der Waals surface area contributed by atoms with E-state index < -0.39 is 29.3 Å². The number of aromatic hydroxyl groups is 1. The third kappa shape index (κ3) is 9.89. The molecule has 278 valence electrons. The van der Waals surface area contributed by atoms with Gasteiger partial charge in [-0.2, -0.15) is 0 Å². The molecule has 16 heteroatoms. The average Bonchev–Trinajstić information content (AvgIpc) is 3.16. The van der Waals surface area contributed by atoms with Crippen molar-refractivity contribution in [2.45, 2.75) is 51.9 Å². The van der Waals surface area contributed by atoms with Gasteiger partial charge >= 0.3 is 0 Å². The summed E-state index contributed by atoms with van der Waals surface area (Å²) in [5, 5.41) is 22.6. The van der Waals surface area contributed by atoms with Gasteiger partial charge < -0.3 is 25.4 Å². The molecule has 3 N–H and O–H groups in total. The van der Waals surface area contributed by atoms with Crippen molar-refractivity contribution in [2.75, 3.05) is 25.1 Å². The zero-order valence-corrected chi connectivity index (χ0v) is 29.3. The first-order valence-electron chi connectivity index (χ1n) is 17.0. The number of nitrogens with one attached hydrogen (secondary N) is 2. The van der Waals surface area contributed by atoms with Crippen LogP contribution in [-0.2, 0) is 46.8 Å². The molecule has 54 heavy (non-hydrogen) atoms. The minimum absolute atomic E-state index is 0.0417. The summed E-state index contributed by atoms with van der Waals surface area (Å²) in [5.74, 6) is -3.49. The smallest absolute Gasteiger partial charge is 0.254 e. The molecule has 0 radical (unpaired) electrons. The van der Waals surface area contributed by atoms with Crippen LogP contribution in [-0.4, -0.2) is 53.4 Å². The number of anilines is 1. The zero-order valence-electron chi connectivity index (χ0n) is 29.3. The van der Waals surface area contributed by atoms with Crippen molar-refractivity contribution < 1.29 is 33.0 Å². The van der Waals surface area contributed by atoms with Crippen LogP contribution in [0, 0.1) is 18.6 Å². The predicted molar refractivity (Wildman–Crippen MR) is 196 cm³/mol. The fourth-order valence-electron chi connectivity index (χ4n) is 6.14. The van der Waals surface area contributed by atoms with Gasteiger partial charge in [0.1, 0.15) is 17.6 Å². The highest BCUT2D eigenvalue weighted by Gasteiger charge is 2.35. The zero-order chi connectivity index (χ0) is 38.6. The number of hydrogen-bond acceptors (Lipinski definition) is 8. The van der Waals surface area contributed by atoms with Gasteiger partial charge in [-0.1, -0.05) is 46.6 Å². The number of azide groups is 2.